The molecule has 8 nitrogen and oxygen atoms in total. The molecule has 1 atom stereocenters. The second-order valence-corrected chi connectivity index (χ2v) is 7.93. The van der Waals surface area contributed by atoms with Gasteiger partial charge in [0.25, 0.3) is 0 Å². The maximum absolute atomic E-state index is 12.6. The fourth-order valence-corrected chi connectivity index (χ4v) is 3.88. The zero-order chi connectivity index (χ0) is 21.7. The Morgan fingerprint density at radius 2 is 2.06 bits per heavy atom. The number of Topliss-reactive ketones (excluding diaryl/α,β-unsaturated/α-hetero) is 1. The molecular formula is C23H28N4O4. The van der Waals surface area contributed by atoms with Crippen molar-refractivity contribution in [3.8, 4) is 5.75 Å². The Labute approximate surface area is 181 Å². The lowest BCUT2D eigenvalue weighted by Gasteiger charge is -2.39. The zero-order valence-corrected chi connectivity index (χ0v) is 17.7. The first-order valence-electron chi connectivity index (χ1n) is 10.7. The Morgan fingerprint density at radius 1 is 1.26 bits per heavy atom. The van der Waals surface area contributed by atoms with Crippen LogP contribution in [-0.4, -0.2) is 66.7 Å². The standard InChI is InChI=1S/C23H28N4O4/c1-2-30-15-21(28)23(9-11-25-16-23)31-20-7-5-19(6-8-20)26-22(29)27-13-18(14-27)17-4-3-10-24-12-17/h3-8,10,12,18,25H,2,9,11,13-16H2,1H3,(H,26,29)/t23-/m1/s1. The molecule has 2 aromatic rings. The molecule has 31 heavy (non-hydrogen) atoms. The minimum atomic E-state index is -0.904. The first kappa shape index (κ1) is 21.3. The first-order valence-corrected chi connectivity index (χ1v) is 10.7. The minimum absolute atomic E-state index is 0.0438. The lowest BCUT2D eigenvalue weighted by molar-refractivity contribution is -0.137. The number of nitrogens with one attached hydrogen (secondary N) is 2. The van der Waals surface area contributed by atoms with Crippen molar-refractivity contribution < 1.29 is 19.1 Å². The Bertz CT molecular complexity index is 892. The molecule has 4 rings (SSSR count). The van der Waals surface area contributed by atoms with Gasteiger partial charge in [0.1, 0.15) is 12.4 Å². The number of pyridine rings is 1. The van der Waals surface area contributed by atoms with Gasteiger partial charge in [-0.15, -0.1) is 0 Å². The van der Waals surface area contributed by atoms with Crippen LogP contribution in [0, 0.1) is 0 Å². The van der Waals surface area contributed by atoms with E-state index in [1.165, 1.54) is 0 Å². The fraction of sp³-hybridized carbons (Fsp3) is 0.435. The summed E-state index contributed by atoms with van der Waals surface area (Å²) in [6.07, 6.45) is 4.20. The average molecular weight is 425 g/mol. The van der Waals surface area contributed by atoms with E-state index in [1.54, 1.807) is 35.4 Å². The summed E-state index contributed by atoms with van der Waals surface area (Å²) in [4.78, 5) is 31.0. The van der Waals surface area contributed by atoms with E-state index < -0.39 is 5.60 Å². The van der Waals surface area contributed by atoms with Gasteiger partial charge in [-0.25, -0.2) is 4.79 Å². The first-order chi connectivity index (χ1) is 15.1. The van der Waals surface area contributed by atoms with Gasteiger partial charge in [0.2, 0.25) is 5.78 Å². The molecule has 0 aliphatic carbocycles. The summed E-state index contributed by atoms with van der Waals surface area (Å²) >= 11 is 0. The third-order valence-corrected chi connectivity index (χ3v) is 5.81. The molecule has 1 aromatic carbocycles. The lowest BCUT2D eigenvalue weighted by atomic mass is 9.93. The molecule has 0 radical (unpaired) electrons. The summed E-state index contributed by atoms with van der Waals surface area (Å²) in [6.45, 7) is 4.93. The summed E-state index contributed by atoms with van der Waals surface area (Å²) in [5.41, 5.74) is 0.933. The fourth-order valence-electron chi connectivity index (χ4n) is 3.88. The number of rotatable bonds is 8. The highest BCUT2D eigenvalue weighted by Gasteiger charge is 2.43. The van der Waals surface area contributed by atoms with E-state index in [9.17, 15) is 9.59 Å². The number of hydrogen-bond acceptors (Lipinski definition) is 6. The second-order valence-electron chi connectivity index (χ2n) is 7.93. The van der Waals surface area contributed by atoms with E-state index in [4.69, 9.17) is 9.47 Å². The van der Waals surface area contributed by atoms with Crippen molar-refractivity contribution >= 4 is 17.5 Å². The number of carbonyl (C=O) groups is 2. The predicted octanol–water partition coefficient (Wildman–Crippen LogP) is 2.43. The van der Waals surface area contributed by atoms with Crippen molar-refractivity contribution in [3.63, 3.8) is 0 Å². The monoisotopic (exact) mass is 424 g/mol. The summed E-state index contributed by atoms with van der Waals surface area (Å²) in [5, 5.41) is 6.11. The van der Waals surface area contributed by atoms with Crippen molar-refractivity contribution in [1.82, 2.24) is 15.2 Å². The molecular weight excluding hydrogens is 396 g/mol. The summed E-state index contributed by atoms with van der Waals surface area (Å²) in [7, 11) is 0. The minimum Gasteiger partial charge on any atom is -0.478 e. The van der Waals surface area contributed by atoms with Crippen LogP contribution in [0.15, 0.2) is 48.8 Å². The molecule has 8 heteroatoms. The van der Waals surface area contributed by atoms with Gasteiger partial charge >= 0.3 is 6.03 Å². The normalized spacial score (nSPS) is 20.9. The molecule has 2 aliphatic heterocycles. The number of urea groups is 1. The van der Waals surface area contributed by atoms with Crippen LogP contribution in [0.25, 0.3) is 0 Å². The van der Waals surface area contributed by atoms with E-state index >= 15 is 0 Å². The maximum Gasteiger partial charge on any atom is 0.321 e. The van der Waals surface area contributed by atoms with Gasteiger partial charge in [-0.05, 0) is 49.4 Å². The maximum atomic E-state index is 12.6. The predicted molar refractivity (Wildman–Crippen MR) is 116 cm³/mol. The van der Waals surface area contributed by atoms with Gasteiger partial charge in [0.15, 0.2) is 5.60 Å². The topological polar surface area (TPSA) is 92.8 Å². The number of amides is 2. The van der Waals surface area contributed by atoms with Gasteiger partial charge < -0.3 is 25.0 Å². The number of carbonyl (C=O) groups excluding carboxylic acids is 2. The Morgan fingerprint density at radius 3 is 2.71 bits per heavy atom. The van der Waals surface area contributed by atoms with Gasteiger partial charge in [-0.1, -0.05) is 6.07 Å². The van der Waals surface area contributed by atoms with Crippen molar-refractivity contribution in [3.05, 3.63) is 54.4 Å². The van der Waals surface area contributed by atoms with Crippen molar-refractivity contribution in [2.24, 2.45) is 0 Å². The van der Waals surface area contributed by atoms with E-state index in [2.05, 4.69) is 15.6 Å². The number of likely N-dealkylation sites (tertiary alicyclic amines) is 1. The highest BCUT2D eigenvalue weighted by atomic mass is 16.5. The van der Waals surface area contributed by atoms with Crippen LogP contribution >= 0.6 is 0 Å². The Kier molecular flexibility index (Phi) is 6.48. The van der Waals surface area contributed by atoms with Crippen LogP contribution in [0.5, 0.6) is 5.75 Å². The smallest absolute Gasteiger partial charge is 0.321 e. The lowest BCUT2D eigenvalue weighted by Crippen LogP contribution is -2.50. The Hall–Kier alpha value is -2.97. The van der Waals surface area contributed by atoms with E-state index in [1.807, 2.05) is 25.3 Å². The average Bonchev–Trinajstić information content (AvgIpc) is 3.23. The summed E-state index contributed by atoms with van der Waals surface area (Å²) < 4.78 is 11.4. The molecule has 3 heterocycles. The highest BCUT2D eigenvalue weighted by molar-refractivity contribution is 5.90. The highest BCUT2D eigenvalue weighted by Crippen LogP contribution is 2.28. The van der Waals surface area contributed by atoms with Crippen molar-refractivity contribution in [2.45, 2.75) is 24.9 Å². The molecule has 2 N–H and O–H groups in total. The van der Waals surface area contributed by atoms with Crippen LogP contribution in [0.1, 0.15) is 24.8 Å². The summed E-state index contributed by atoms with van der Waals surface area (Å²) in [5.74, 6) is 0.866. The molecule has 0 saturated carbocycles. The van der Waals surface area contributed by atoms with Crippen LogP contribution in [0.4, 0.5) is 10.5 Å². The molecule has 0 unspecified atom stereocenters. The van der Waals surface area contributed by atoms with Crippen LogP contribution in [0.3, 0.4) is 0 Å². The third kappa shape index (κ3) is 4.86. The molecule has 2 amide bonds. The van der Waals surface area contributed by atoms with Crippen molar-refractivity contribution in [2.75, 3.05) is 44.7 Å². The molecule has 0 spiro atoms. The van der Waals surface area contributed by atoms with Gasteiger partial charge in [-0.2, -0.15) is 0 Å². The number of nitrogens with zero attached hydrogens (tertiary/aromatic N) is 2. The SMILES string of the molecule is CCOCC(=O)[C@@]1(Oc2ccc(NC(=O)N3CC(c4cccnc4)C3)cc2)CCNC1. The van der Waals surface area contributed by atoms with Gasteiger partial charge in [0.05, 0.1) is 0 Å². The number of benzene rings is 1. The number of ketones is 1. The summed E-state index contributed by atoms with van der Waals surface area (Å²) in [6, 6.07) is 11.0. The van der Waals surface area contributed by atoms with Crippen molar-refractivity contribution in [1.29, 1.82) is 0 Å². The second kappa shape index (κ2) is 9.45. The number of hydrogen-bond donors (Lipinski definition) is 2. The third-order valence-electron chi connectivity index (χ3n) is 5.81. The van der Waals surface area contributed by atoms with E-state index in [0.29, 0.717) is 50.0 Å². The number of anilines is 1. The quantitative estimate of drug-likeness (QED) is 0.676. The molecule has 2 fully saturated rings. The van der Waals surface area contributed by atoms with Crippen LogP contribution < -0.4 is 15.4 Å². The molecule has 1 aromatic heterocycles. The van der Waals surface area contributed by atoms with E-state index in [0.717, 1.165) is 12.1 Å². The van der Waals surface area contributed by atoms with Gasteiger partial charge in [-0.3, -0.25) is 9.78 Å². The number of aromatic nitrogens is 1. The zero-order valence-electron chi connectivity index (χ0n) is 17.7. The number of ether oxygens (including phenoxy) is 2. The van der Waals surface area contributed by atoms with E-state index in [-0.39, 0.29) is 18.4 Å². The van der Waals surface area contributed by atoms with Gasteiger partial charge in [0, 0.05) is 56.7 Å². The Balaban J connectivity index is 1.31. The molecule has 2 aliphatic rings. The van der Waals surface area contributed by atoms with Crippen LogP contribution in [-0.2, 0) is 9.53 Å². The van der Waals surface area contributed by atoms with Crippen LogP contribution in [0.2, 0.25) is 0 Å². The molecule has 2 saturated heterocycles. The molecule has 164 valence electrons. The largest absolute Gasteiger partial charge is 0.478 e. The molecule has 0 bridgehead atoms.